The molecule has 0 atom stereocenters. The molecule has 0 saturated carbocycles. The van der Waals surface area contributed by atoms with Crippen molar-refractivity contribution in [3.63, 3.8) is 0 Å². The number of piperazine rings is 1. The summed E-state index contributed by atoms with van der Waals surface area (Å²) in [6.07, 6.45) is 2.26. The van der Waals surface area contributed by atoms with Gasteiger partial charge in [-0.1, -0.05) is 45.9 Å². The number of nitrogens with zero attached hydrogens (tertiary/aromatic N) is 1. The van der Waals surface area contributed by atoms with Crippen molar-refractivity contribution >= 4 is 5.69 Å². The van der Waals surface area contributed by atoms with E-state index in [2.05, 4.69) is 42.3 Å². The highest BCUT2D eigenvalue weighted by Gasteiger charge is 2.15. The van der Waals surface area contributed by atoms with E-state index in [0.29, 0.717) is 0 Å². The van der Waals surface area contributed by atoms with Crippen molar-refractivity contribution in [1.29, 1.82) is 0 Å². The second-order valence-corrected chi connectivity index (χ2v) is 4.37. The van der Waals surface area contributed by atoms with Crippen molar-refractivity contribution in [2.45, 2.75) is 40.5 Å². The van der Waals surface area contributed by atoms with Crippen molar-refractivity contribution in [2.75, 3.05) is 31.1 Å². The number of rotatable bonds is 3. The lowest BCUT2D eigenvalue weighted by molar-refractivity contribution is 0.586. The Hall–Kier alpha value is -1.02. The first-order valence-corrected chi connectivity index (χ1v) is 7.43. The number of benzene rings is 1. The maximum absolute atomic E-state index is 3.42. The van der Waals surface area contributed by atoms with Crippen molar-refractivity contribution < 1.29 is 0 Å². The van der Waals surface area contributed by atoms with E-state index in [4.69, 9.17) is 0 Å². The number of anilines is 1. The molecule has 0 amide bonds. The molecule has 2 heteroatoms. The first-order valence-electron chi connectivity index (χ1n) is 7.43. The van der Waals surface area contributed by atoms with E-state index in [9.17, 15) is 0 Å². The molecule has 0 aliphatic carbocycles. The molecule has 1 aromatic rings. The van der Waals surface area contributed by atoms with Gasteiger partial charge in [0.05, 0.1) is 0 Å². The van der Waals surface area contributed by atoms with Gasteiger partial charge in [0.2, 0.25) is 0 Å². The largest absolute Gasteiger partial charge is 0.369 e. The molecule has 0 aromatic heterocycles. The zero-order valence-corrected chi connectivity index (χ0v) is 12.4. The minimum atomic E-state index is 1.11. The SMILES string of the molecule is CC.CCc1cccc(CC)c1N1CCNCC1. The van der Waals surface area contributed by atoms with E-state index in [-0.39, 0.29) is 0 Å². The van der Waals surface area contributed by atoms with Crippen molar-refractivity contribution in [3.8, 4) is 0 Å². The predicted octanol–water partition coefficient (Wildman–Crippen LogP) is 3.25. The topological polar surface area (TPSA) is 15.3 Å². The van der Waals surface area contributed by atoms with E-state index >= 15 is 0 Å². The first kappa shape index (κ1) is 15.0. The van der Waals surface area contributed by atoms with Gasteiger partial charge in [0.15, 0.2) is 0 Å². The number of nitrogens with one attached hydrogen (secondary N) is 1. The van der Waals surface area contributed by atoms with Crippen LogP contribution in [0.2, 0.25) is 0 Å². The lowest BCUT2D eigenvalue weighted by atomic mass is 10.0. The molecule has 1 fully saturated rings. The first-order chi connectivity index (χ1) is 8.86. The van der Waals surface area contributed by atoms with Crippen LogP contribution in [0, 0.1) is 0 Å². The fourth-order valence-electron chi connectivity index (χ4n) is 2.51. The number of aryl methyl sites for hydroxylation is 2. The van der Waals surface area contributed by atoms with Gasteiger partial charge >= 0.3 is 0 Å². The summed E-state index contributed by atoms with van der Waals surface area (Å²) in [5.74, 6) is 0. The van der Waals surface area contributed by atoms with Crippen LogP contribution in [0.15, 0.2) is 18.2 Å². The molecular weight excluding hydrogens is 220 g/mol. The van der Waals surface area contributed by atoms with Crippen LogP contribution in [-0.2, 0) is 12.8 Å². The van der Waals surface area contributed by atoms with Crippen LogP contribution in [0.5, 0.6) is 0 Å². The summed E-state index contributed by atoms with van der Waals surface area (Å²) >= 11 is 0. The minimum absolute atomic E-state index is 1.11. The average molecular weight is 248 g/mol. The van der Waals surface area contributed by atoms with Crippen LogP contribution < -0.4 is 10.2 Å². The van der Waals surface area contributed by atoms with Crippen LogP contribution in [0.25, 0.3) is 0 Å². The van der Waals surface area contributed by atoms with E-state index in [1.165, 1.54) is 16.8 Å². The van der Waals surface area contributed by atoms with Gasteiger partial charge in [0, 0.05) is 31.9 Å². The summed E-state index contributed by atoms with van der Waals surface area (Å²) in [6.45, 7) is 13.0. The molecule has 2 rings (SSSR count). The molecule has 0 bridgehead atoms. The smallest absolute Gasteiger partial charge is 0.0431 e. The molecule has 1 aliphatic heterocycles. The minimum Gasteiger partial charge on any atom is -0.369 e. The van der Waals surface area contributed by atoms with E-state index < -0.39 is 0 Å². The van der Waals surface area contributed by atoms with Crippen LogP contribution in [0.1, 0.15) is 38.8 Å². The molecule has 0 radical (unpaired) electrons. The summed E-state index contributed by atoms with van der Waals surface area (Å²) in [7, 11) is 0. The zero-order valence-electron chi connectivity index (χ0n) is 12.4. The van der Waals surface area contributed by atoms with E-state index in [0.717, 1.165) is 39.0 Å². The Bertz CT molecular complexity index is 319. The average Bonchev–Trinajstić information content (AvgIpc) is 2.49. The Kier molecular flexibility index (Phi) is 6.81. The summed E-state index contributed by atoms with van der Waals surface area (Å²) in [5, 5.41) is 3.42. The molecule has 0 spiro atoms. The van der Waals surface area contributed by atoms with Gasteiger partial charge < -0.3 is 10.2 Å². The van der Waals surface area contributed by atoms with E-state index in [1.54, 1.807) is 0 Å². The van der Waals surface area contributed by atoms with Crippen LogP contribution in [0.3, 0.4) is 0 Å². The molecule has 1 N–H and O–H groups in total. The third kappa shape index (κ3) is 3.49. The van der Waals surface area contributed by atoms with E-state index in [1.807, 2.05) is 13.8 Å². The zero-order chi connectivity index (χ0) is 13.4. The van der Waals surface area contributed by atoms with Crippen LogP contribution >= 0.6 is 0 Å². The summed E-state index contributed by atoms with van der Waals surface area (Å²) < 4.78 is 0. The molecule has 1 heterocycles. The van der Waals surface area contributed by atoms with Crippen molar-refractivity contribution in [2.24, 2.45) is 0 Å². The standard InChI is InChI=1S/C14H22N2.C2H6/c1-3-12-6-5-7-13(4-2)14(12)16-10-8-15-9-11-16;1-2/h5-7,15H,3-4,8-11H2,1-2H3;1-2H3. The maximum atomic E-state index is 3.42. The lowest BCUT2D eigenvalue weighted by Crippen LogP contribution is -2.44. The Balaban J connectivity index is 0.000000771. The number of hydrogen-bond acceptors (Lipinski definition) is 2. The fraction of sp³-hybridized carbons (Fsp3) is 0.625. The summed E-state index contributed by atoms with van der Waals surface area (Å²) in [6, 6.07) is 6.75. The number of para-hydroxylation sites is 1. The third-order valence-corrected chi connectivity index (χ3v) is 3.40. The van der Waals surface area contributed by atoms with Gasteiger partial charge in [-0.05, 0) is 24.0 Å². The highest BCUT2D eigenvalue weighted by molar-refractivity contribution is 5.60. The molecule has 0 unspecified atom stereocenters. The third-order valence-electron chi connectivity index (χ3n) is 3.40. The molecule has 1 saturated heterocycles. The van der Waals surface area contributed by atoms with Gasteiger partial charge in [-0.25, -0.2) is 0 Å². The second kappa shape index (κ2) is 8.15. The Morgan fingerprint density at radius 1 is 1.00 bits per heavy atom. The molecule has 1 aliphatic rings. The van der Waals surface area contributed by atoms with Gasteiger partial charge in [-0.15, -0.1) is 0 Å². The molecule has 1 aromatic carbocycles. The predicted molar refractivity (Wildman–Crippen MR) is 81.6 cm³/mol. The Morgan fingerprint density at radius 2 is 1.50 bits per heavy atom. The van der Waals surface area contributed by atoms with Crippen LogP contribution in [0.4, 0.5) is 5.69 Å². The molecule has 102 valence electrons. The molecular formula is C16H28N2. The number of hydrogen-bond donors (Lipinski definition) is 1. The van der Waals surface area contributed by atoms with Crippen LogP contribution in [-0.4, -0.2) is 26.2 Å². The molecule has 2 nitrogen and oxygen atoms in total. The summed E-state index contributed by atoms with van der Waals surface area (Å²) in [4.78, 5) is 2.55. The highest BCUT2D eigenvalue weighted by Crippen LogP contribution is 2.27. The molecule has 18 heavy (non-hydrogen) atoms. The van der Waals surface area contributed by atoms with Gasteiger partial charge in [0.25, 0.3) is 0 Å². The van der Waals surface area contributed by atoms with Crippen molar-refractivity contribution in [1.82, 2.24) is 5.32 Å². The normalized spacial score (nSPS) is 15.0. The maximum Gasteiger partial charge on any atom is 0.0431 e. The monoisotopic (exact) mass is 248 g/mol. The van der Waals surface area contributed by atoms with Gasteiger partial charge in [0.1, 0.15) is 0 Å². The van der Waals surface area contributed by atoms with Gasteiger partial charge in [-0.3, -0.25) is 0 Å². The second-order valence-electron chi connectivity index (χ2n) is 4.37. The van der Waals surface area contributed by atoms with Crippen molar-refractivity contribution in [3.05, 3.63) is 29.3 Å². The highest BCUT2D eigenvalue weighted by atomic mass is 15.2. The fourth-order valence-corrected chi connectivity index (χ4v) is 2.51. The summed E-state index contributed by atoms with van der Waals surface area (Å²) in [5.41, 5.74) is 4.51. The lowest BCUT2D eigenvalue weighted by Gasteiger charge is -2.32. The Morgan fingerprint density at radius 3 is 1.94 bits per heavy atom. The quantitative estimate of drug-likeness (QED) is 0.883. The Labute approximate surface area is 112 Å². The van der Waals surface area contributed by atoms with Gasteiger partial charge in [-0.2, -0.15) is 0 Å².